The van der Waals surface area contributed by atoms with E-state index in [9.17, 15) is 10.1 Å². The summed E-state index contributed by atoms with van der Waals surface area (Å²) in [6.45, 7) is 2.40. The van der Waals surface area contributed by atoms with Gasteiger partial charge in [0.2, 0.25) is 0 Å². The van der Waals surface area contributed by atoms with Crippen LogP contribution >= 0.6 is 11.3 Å². The minimum absolute atomic E-state index is 0.171. The molecule has 1 aromatic carbocycles. The summed E-state index contributed by atoms with van der Waals surface area (Å²) >= 11 is 1.57. The van der Waals surface area contributed by atoms with E-state index in [1.54, 1.807) is 36.7 Å². The zero-order valence-electron chi connectivity index (χ0n) is 16.4. The molecule has 0 bridgehead atoms. The second-order valence-electron chi connectivity index (χ2n) is 6.82. The van der Waals surface area contributed by atoms with Gasteiger partial charge in [-0.3, -0.25) is 4.79 Å². The van der Waals surface area contributed by atoms with Crippen LogP contribution in [0.5, 0.6) is 11.5 Å². The summed E-state index contributed by atoms with van der Waals surface area (Å²) in [5.41, 5.74) is 2.02. The highest BCUT2D eigenvalue weighted by molar-refractivity contribution is 7.18. The van der Waals surface area contributed by atoms with E-state index in [1.165, 1.54) is 4.88 Å². The van der Waals surface area contributed by atoms with E-state index in [0.717, 1.165) is 36.8 Å². The summed E-state index contributed by atoms with van der Waals surface area (Å²) in [5, 5.41) is 10.4. The summed E-state index contributed by atoms with van der Waals surface area (Å²) in [7, 11) is 1.58. The number of nitrogens with one attached hydrogen (secondary N) is 1. The normalized spacial score (nSPS) is 13.8. The Morgan fingerprint density at radius 3 is 2.93 bits per heavy atom. The Bertz CT molecular complexity index is 1200. The maximum atomic E-state index is 12.8. The molecule has 1 aliphatic rings. The quantitative estimate of drug-likeness (QED) is 0.636. The van der Waals surface area contributed by atoms with Crippen molar-refractivity contribution in [2.45, 2.75) is 32.6 Å². The van der Waals surface area contributed by atoms with Crippen molar-refractivity contribution in [3.63, 3.8) is 0 Å². The van der Waals surface area contributed by atoms with Crippen molar-refractivity contribution < 1.29 is 9.47 Å². The van der Waals surface area contributed by atoms with E-state index in [0.29, 0.717) is 33.9 Å². The first-order valence-corrected chi connectivity index (χ1v) is 10.4. The number of aromatic nitrogens is 2. The minimum atomic E-state index is -0.171. The first kappa shape index (κ1) is 19.2. The van der Waals surface area contributed by atoms with E-state index in [4.69, 9.17) is 9.47 Å². The van der Waals surface area contributed by atoms with E-state index >= 15 is 0 Å². The molecule has 0 saturated carbocycles. The van der Waals surface area contributed by atoms with Gasteiger partial charge in [0.25, 0.3) is 5.56 Å². The highest BCUT2D eigenvalue weighted by Gasteiger charge is 2.20. The summed E-state index contributed by atoms with van der Waals surface area (Å²) in [6, 6.07) is 7.59. The maximum Gasteiger partial charge on any atom is 0.260 e. The number of thiophene rings is 1. The van der Waals surface area contributed by atoms with E-state index in [-0.39, 0.29) is 11.4 Å². The molecule has 0 atom stereocenters. The first-order valence-electron chi connectivity index (χ1n) is 9.62. The number of hydrogen-bond acceptors (Lipinski definition) is 6. The second-order valence-corrected chi connectivity index (χ2v) is 7.90. The van der Waals surface area contributed by atoms with Gasteiger partial charge in [0.15, 0.2) is 17.3 Å². The fraction of sp³-hybridized carbons (Fsp3) is 0.318. The van der Waals surface area contributed by atoms with Crippen molar-refractivity contribution in [2.75, 3.05) is 13.7 Å². The lowest BCUT2D eigenvalue weighted by atomic mass is 9.97. The monoisotopic (exact) mass is 407 g/mol. The van der Waals surface area contributed by atoms with Crippen LogP contribution in [0.25, 0.3) is 21.9 Å². The highest BCUT2D eigenvalue weighted by Crippen LogP contribution is 2.34. The lowest BCUT2D eigenvalue weighted by Crippen LogP contribution is -2.12. The van der Waals surface area contributed by atoms with Gasteiger partial charge < -0.3 is 14.5 Å². The topological polar surface area (TPSA) is 88.0 Å². The van der Waals surface area contributed by atoms with Crippen molar-refractivity contribution >= 4 is 33.2 Å². The van der Waals surface area contributed by atoms with Gasteiger partial charge in [0.05, 0.1) is 24.7 Å². The zero-order chi connectivity index (χ0) is 20.4. The van der Waals surface area contributed by atoms with E-state index in [2.05, 4.69) is 16.0 Å². The molecule has 4 rings (SSSR count). The minimum Gasteiger partial charge on any atom is -0.493 e. The van der Waals surface area contributed by atoms with E-state index in [1.807, 2.05) is 13.0 Å². The number of aryl methyl sites for hydroxylation is 2. The Hall–Kier alpha value is -3.11. The number of fused-ring (bicyclic) bond motifs is 3. The van der Waals surface area contributed by atoms with E-state index < -0.39 is 0 Å². The standard InChI is InChI=1S/C22H21N3O3S/c1-3-28-17-11-13(8-9-16(17)27-2)10-14(12-23)20-24-21(26)19-15-6-4-5-7-18(15)29-22(19)25-20/h8-11H,3-7H2,1-2H3,(H,24,25,26)/b14-10+. The predicted molar refractivity (Wildman–Crippen MR) is 115 cm³/mol. The third-order valence-corrected chi connectivity index (χ3v) is 6.18. The largest absolute Gasteiger partial charge is 0.493 e. The van der Waals surface area contributed by atoms with Gasteiger partial charge >= 0.3 is 0 Å². The van der Waals surface area contributed by atoms with Crippen molar-refractivity contribution in [1.82, 2.24) is 9.97 Å². The number of nitriles is 1. The zero-order valence-corrected chi connectivity index (χ0v) is 17.2. The smallest absolute Gasteiger partial charge is 0.260 e. The molecule has 0 saturated heterocycles. The number of benzene rings is 1. The molecule has 29 heavy (non-hydrogen) atoms. The molecule has 0 fully saturated rings. The van der Waals surface area contributed by atoms with Gasteiger partial charge in [0.1, 0.15) is 10.9 Å². The number of hydrogen-bond donors (Lipinski definition) is 1. The Morgan fingerprint density at radius 1 is 1.34 bits per heavy atom. The number of aromatic amines is 1. The first-order chi connectivity index (χ1) is 14.1. The van der Waals surface area contributed by atoms with Crippen LogP contribution in [0.4, 0.5) is 0 Å². The van der Waals surface area contributed by atoms with Crippen molar-refractivity contribution in [3.8, 4) is 17.6 Å². The summed E-state index contributed by atoms with van der Waals surface area (Å²) < 4.78 is 10.9. The molecule has 6 nitrogen and oxygen atoms in total. The van der Waals surface area contributed by atoms with Crippen LogP contribution < -0.4 is 15.0 Å². The molecule has 7 heteroatoms. The van der Waals surface area contributed by atoms with Crippen LogP contribution in [0.1, 0.15) is 41.6 Å². The van der Waals surface area contributed by atoms with Crippen LogP contribution in [-0.2, 0) is 12.8 Å². The fourth-order valence-corrected chi connectivity index (χ4v) is 4.93. The highest BCUT2D eigenvalue weighted by atomic mass is 32.1. The molecule has 1 N–H and O–H groups in total. The molecule has 0 radical (unpaired) electrons. The number of nitrogens with zero attached hydrogens (tertiary/aromatic N) is 2. The molecule has 0 unspecified atom stereocenters. The fourth-order valence-electron chi connectivity index (χ4n) is 3.66. The lowest BCUT2D eigenvalue weighted by molar-refractivity contribution is 0.311. The maximum absolute atomic E-state index is 12.8. The van der Waals surface area contributed by atoms with Crippen LogP contribution in [0, 0.1) is 11.3 Å². The third kappa shape index (κ3) is 3.64. The lowest BCUT2D eigenvalue weighted by Gasteiger charge is -2.10. The van der Waals surface area contributed by atoms with Gasteiger partial charge in [-0.1, -0.05) is 6.07 Å². The van der Waals surface area contributed by atoms with Crippen molar-refractivity contribution in [1.29, 1.82) is 5.26 Å². The van der Waals surface area contributed by atoms with Crippen LogP contribution in [-0.4, -0.2) is 23.7 Å². The summed E-state index contributed by atoms with van der Waals surface area (Å²) in [4.78, 5) is 22.2. The molecule has 2 heterocycles. The number of H-pyrrole nitrogens is 1. The van der Waals surface area contributed by atoms with Gasteiger partial charge in [-0.2, -0.15) is 5.26 Å². The molecular weight excluding hydrogens is 386 g/mol. The summed E-state index contributed by atoms with van der Waals surface area (Å²) in [6.07, 6.45) is 5.86. The van der Waals surface area contributed by atoms with Crippen molar-refractivity contribution in [3.05, 3.63) is 50.4 Å². The Labute approximate surface area is 172 Å². The number of ether oxygens (including phenoxy) is 2. The molecular formula is C22H21N3O3S. The average Bonchev–Trinajstić information content (AvgIpc) is 3.11. The number of rotatable bonds is 5. The van der Waals surface area contributed by atoms with Crippen LogP contribution in [0.3, 0.4) is 0 Å². The molecule has 148 valence electrons. The van der Waals surface area contributed by atoms with Gasteiger partial charge in [-0.05, 0) is 61.9 Å². The number of allylic oxidation sites excluding steroid dienone is 1. The Morgan fingerprint density at radius 2 is 2.17 bits per heavy atom. The van der Waals surface area contributed by atoms with Crippen LogP contribution in [0.15, 0.2) is 23.0 Å². The van der Waals surface area contributed by atoms with Gasteiger partial charge in [-0.15, -0.1) is 11.3 Å². The average molecular weight is 407 g/mol. The molecule has 2 aromatic heterocycles. The molecule has 0 spiro atoms. The molecule has 3 aromatic rings. The Kier molecular flexibility index (Phi) is 5.36. The van der Waals surface area contributed by atoms with Crippen LogP contribution in [0.2, 0.25) is 0 Å². The summed E-state index contributed by atoms with van der Waals surface area (Å²) in [5.74, 6) is 1.51. The van der Waals surface area contributed by atoms with Crippen molar-refractivity contribution in [2.24, 2.45) is 0 Å². The third-order valence-electron chi connectivity index (χ3n) is 5.00. The Balaban J connectivity index is 1.78. The number of methoxy groups -OCH3 is 1. The molecule has 0 amide bonds. The second kappa shape index (κ2) is 8.10. The molecule has 1 aliphatic carbocycles. The SMILES string of the molecule is CCOc1cc(/C=C(\C#N)c2nc3sc4c(c3c(=O)[nH]2)CCCC4)ccc1OC. The predicted octanol–water partition coefficient (Wildman–Crippen LogP) is 4.33. The van der Waals surface area contributed by atoms with Gasteiger partial charge in [0, 0.05) is 4.88 Å². The van der Waals surface area contributed by atoms with Gasteiger partial charge in [-0.25, -0.2) is 4.98 Å². The molecule has 0 aliphatic heterocycles.